The van der Waals surface area contributed by atoms with Gasteiger partial charge < -0.3 is 35.3 Å². The number of carboxylic acid groups (broad SMARTS) is 1. The third-order valence-electron chi connectivity index (χ3n) is 7.32. The fourth-order valence-corrected chi connectivity index (χ4v) is 5.13. The van der Waals surface area contributed by atoms with Crippen LogP contribution in [0, 0.1) is 11.8 Å². The number of hydrogen-bond donors (Lipinski definition) is 4. The number of piperidine rings is 1. The number of nitrogens with one attached hydrogen (secondary N) is 3. The van der Waals surface area contributed by atoms with Gasteiger partial charge in [-0.3, -0.25) is 14.4 Å². The third-order valence-corrected chi connectivity index (χ3v) is 7.32. The van der Waals surface area contributed by atoms with Crippen molar-refractivity contribution >= 4 is 40.1 Å². The molecule has 10 nitrogen and oxygen atoms in total. The lowest BCUT2D eigenvalue weighted by Crippen LogP contribution is -2.42. The lowest BCUT2D eigenvalue weighted by molar-refractivity contribution is -0.141. The average Bonchev–Trinajstić information content (AvgIpc) is 3.34. The van der Waals surface area contributed by atoms with E-state index in [1.165, 1.54) is 14.2 Å². The number of anilines is 2. The first-order valence-corrected chi connectivity index (χ1v) is 14.1. The number of aromatic nitrogens is 1. The fourth-order valence-electron chi connectivity index (χ4n) is 5.13. The van der Waals surface area contributed by atoms with Crippen LogP contribution in [0.3, 0.4) is 0 Å². The number of alkyl halides is 3. The van der Waals surface area contributed by atoms with Crippen LogP contribution in [0.25, 0.3) is 10.9 Å². The minimum absolute atomic E-state index is 0.0152. The predicted octanol–water partition coefficient (Wildman–Crippen LogP) is 4.30. The van der Waals surface area contributed by atoms with Gasteiger partial charge in [-0.1, -0.05) is 12.0 Å². The van der Waals surface area contributed by atoms with E-state index in [-0.39, 0.29) is 42.9 Å². The summed E-state index contributed by atoms with van der Waals surface area (Å²) in [6.07, 6.45) is -3.50. The van der Waals surface area contributed by atoms with Gasteiger partial charge in [0, 0.05) is 49.2 Å². The molecule has 13 heteroatoms. The molecule has 3 aromatic rings. The standard InChI is InChI=1S/C31H34F3N5O5/c1-35-30(43)20-8-9-25(27(17-20)44-2)36-14-4-5-22-18-23-24(6-3-7-26(23)39(22)19-31(32,33)34)37-21-12-15-38(16-13-21)28(40)10-11-29(41)42/h3,6-9,17-18,21,36-37H,10-16,19H2,1-2H3,(H,35,43)(H,41,42). The molecular weight excluding hydrogens is 579 g/mol. The van der Waals surface area contributed by atoms with Crippen LogP contribution in [0.1, 0.15) is 41.7 Å². The van der Waals surface area contributed by atoms with Crippen molar-refractivity contribution in [3.05, 3.63) is 53.7 Å². The Hall–Kier alpha value is -4.86. The molecule has 2 amide bonds. The Balaban J connectivity index is 1.50. The molecular formula is C31H34F3N5O5. The van der Waals surface area contributed by atoms with Crippen LogP contribution in [0.5, 0.6) is 5.75 Å². The number of aliphatic carboxylic acids is 1. The maximum absolute atomic E-state index is 13.6. The Kier molecular flexibility index (Phi) is 10.3. The van der Waals surface area contributed by atoms with E-state index in [0.717, 1.165) is 4.57 Å². The Morgan fingerprint density at radius 1 is 1.07 bits per heavy atom. The van der Waals surface area contributed by atoms with Crippen molar-refractivity contribution in [3.8, 4) is 17.6 Å². The van der Waals surface area contributed by atoms with Crippen molar-refractivity contribution < 1.29 is 37.4 Å². The van der Waals surface area contributed by atoms with Crippen LogP contribution in [0.4, 0.5) is 24.5 Å². The quantitative estimate of drug-likeness (QED) is 0.251. The highest BCUT2D eigenvalue weighted by Crippen LogP contribution is 2.31. The topological polar surface area (TPSA) is 125 Å². The molecule has 234 valence electrons. The van der Waals surface area contributed by atoms with E-state index in [0.29, 0.717) is 59.5 Å². The lowest BCUT2D eigenvalue weighted by atomic mass is 10.0. The van der Waals surface area contributed by atoms with Crippen LogP contribution >= 0.6 is 0 Å². The van der Waals surface area contributed by atoms with Gasteiger partial charge >= 0.3 is 12.1 Å². The van der Waals surface area contributed by atoms with Crippen LogP contribution in [0.2, 0.25) is 0 Å². The zero-order valence-electron chi connectivity index (χ0n) is 24.4. The summed E-state index contributed by atoms with van der Waals surface area (Å²) in [6, 6.07) is 11.6. The summed E-state index contributed by atoms with van der Waals surface area (Å²) in [4.78, 5) is 36.6. The normalized spacial score (nSPS) is 13.6. The highest BCUT2D eigenvalue weighted by molar-refractivity contribution is 5.95. The van der Waals surface area contributed by atoms with Crippen LogP contribution in [-0.2, 0) is 16.1 Å². The van der Waals surface area contributed by atoms with Crippen molar-refractivity contribution in [1.82, 2.24) is 14.8 Å². The number of methoxy groups -OCH3 is 1. The molecule has 1 fully saturated rings. The van der Waals surface area contributed by atoms with Crippen molar-refractivity contribution in [2.75, 3.05) is 44.4 Å². The van der Waals surface area contributed by atoms with E-state index in [9.17, 15) is 27.6 Å². The van der Waals surface area contributed by atoms with Crippen molar-refractivity contribution in [3.63, 3.8) is 0 Å². The SMILES string of the molecule is CNC(=O)c1ccc(NCC#Cc2cc3c(NC4CCN(C(=O)CCC(=O)O)CC4)cccc3n2CC(F)(F)F)c(OC)c1. The van der Waals surface area contributed by atoms with Crippen molar-refractivity contribution in [2.24, 2.45) is 0 Å². The van der Waals surface area contributed by atoms with Gasteiger partial charge in [-0.05, 0) is 55.2 Å². The molecule has 4 N–H and O–H groups in total. The summed E-state index contributed by atoms with van der Waals surface area (Å²) < 4.78 is 47.3. The molecule has 2 aromatic carbocycles. The summed E-state index contributed by atoms with van der Waals surface area (Å²) >= 11 is 0. The molecule has 2 heterocycles. The number of halogens is 3. The van der Waals surface area contributed by atoms with E-state index >= 15 is 0 Å². The molecule has 4 rings (SSSR count). The van der Waals surface area contributed by atoms with Crippen molar-refractivity contribution in [1.29, 1.82) is 0 Å². The van der Waals surface area contributed by atoms with Crippen LogP contribution in [-0.4, -0.2) is 78.4 Å². The number of carboxylic acids is 1. The first-order chi connectivity index (χ1) is 21.0. The predicted molar refractivity (Wildman–Crippen MR) is 160 cm³/mol. The van der Waals surface area contributed by atoms with Gasteiger partial charge in [0.1, 0.15) is 12.3 Å². The Morgan fingerprint density at radius 2 is 1.82 bits per heavy atom. The van der Waals surface area contributed by atoms with Gasteiger partial charge in [0.2, 0.25) is 5.91 Å². The number of benzene rings is 2. The van der Waals surface area contributed by atoms with E-state index in [4.69, 9.17) is 9.84 Å². The number of ether oxygens (including phenoxy) is 1. The molecule has 1 saturated heterocycles. The Bertz CT molecular complexity index is 1580. The van der Waals surface area contributed by atoms with E-state index in [1.807, 2.05) is 0 Å². The molecule has 0 aliphatic carbocycles. The third kappa shape index (κ3) is 8.15. The van der Waals surface area contributed by atoms with E-state index in [2.05, 4.69) is 27.8 Å². The average molecular weight is 614 g/mol. The number of carbonyl (C=O) groups is 3. The second kappa shape index (κ2) is 14.1. The molecule has 0 unspecified atom stereocenters. The Morgan fingerprint density at radius 3 is 2.48 bits per heavy atom. The minimum atomic E-state index is -4.47. The van der Waals surface area contributed by atoms with E-state index in [1.54, 1.807) is 47.4 Å². The molecule has 1 aromatic heterocycles. The smallest absolute Gasteiger partial charge is 0.406 e. The summed E-state index contributed by atoms with van der Waals surface area (Å²) in [7, 11) is 2.99. The zero-order chi connectivity index (χ0) is 31.9. The summed E-state index contributed by atoms with van der Waals surface area (Å²) in [6.45, 7) is -0.171. The molecule has 0 saturated carbocycles. The second-order valence-electron chi connectivity index (χ2n) is 10.3. The number of amides is 2. The maximum atomic E-state index is 13.6. The number of hydrogen-bond acceptors (Lipinski definition) is 6. The molecule has 44 heavy (non-hydrogen) atoms. The molecule has 0 bridgehead atoms. The largest absolute Gasteiger partial charge is 0.495 e. The van der Waals surface area contributed by atoms with E-state index < -0.39 is 18.7 Å². The number of likely N-dealkylation sites (tertiary alicyclic amines) is 1. The van der Waals surface area contributed by atoms with Crippen LogP contribution in [0.15, 0.2) is 42.5 Å². The van der Waals surface area contributed by atoms with Gasteiger partial charge in [-0.15, -0.1) is 0 Å². The number of fused-ring (bicyclic) bond motifs is 1. The summed E-state index contributed by atoms with van der Waals surface area (Å²) in [5.74, 6) is 4.70. The van der Waals surface area contributed by atoms with Gasteiger partial charge in [-0.2, -0.15) is 13.2 Å². The van der Waals surface area contributed by atoms with Gasteiger partial charge in [0.15, 0.2) is 0 Å². The first-order valence-electron chi connectivity index (χ1n) is 14.1. The van der Waals surface area contributed by atoms with Crippen molar-refractivity contribution in [2.45, 2.75) is 44.4 Å². The molecule has 0 spiro atoms. The molecule has 0 radical (unpaired) electrons. The summed E-state index contributed by atoms with van der Waals surface area (Å²) in [5, 5.41) is 18.5. The monoisotopic (exact) mass is 613 g/mol. The minimum Gasteiger partial charge on any atom is -0.495 e. The molecule has 1 aliphatic rings. The molecule has 0 atom stereocenters. The lowest BCUT2D eigenvalue weighted by Gasteiger charge is -2.33. The number of carbonyl (C=O) groups excluding carboxylic acids is 2. The highest BCUT2D eigenvalue weighted by atomic mass is 19.4. The zero-order valence-corrected chi connectivity index (χ0v) is 24.4. The number of nitrogens with zero attached hydrogens (tertiary/aromatic N) is 2. The Labute approximate surface area is 252 Å². The van der Waals surface area contributed by atoms with Gasteiger partial charge in [0.05, 0.1) is 37.0 Å². The summed E-state index contributed by atoms with van der Waals surface area (Å²) in [5.41, 5.74) is 2.25. The van der Waals surface area contributed by atoms with Gasteiger partial charge in [-0.25, -0.2) is 0 Å². The second-order valence-corrected chi connectivity index (χ2v) is 10.3. The first kappa shape index (κ1) is 32.1. The van der Waals surface area contributed by atoms with Crippen LogP contribution < -0.4 is 20.7 Å². The number of rotatable bonds is 10. The van der Waals surface area contributed by atoms with Gasteiger partial charge in [0.25, 0.3) is 5.91 Å². The molecule has 1 aliphatic heterocycles. The maximum Gasteiger partial charge on any atom is 0.406 e. The highest BCUT2D eigenvalue weighted by Gasteiger charge is 2.30. The fraction of sp³-hybridized carbons (Fsp3) is 0.387.